The van der Waals surface area contributed by atoms with Crippen LogP contribution in [0.15, 0.2) is 12.2 Å². The summed E-state index contributed by atoms with van der Waals surface area (Å²) < 4.78 is 5.59. The largest absolute Gasteiger partial charge is 0.376 e. The minimum atomic E-state index is 0.0694. The predicted molar refractivity (Wildman–Crippen MR) is 56.2 cm³/mol. The third kappa shape index (κ3) is 4.41. The highest BCUT2D eigenvalue weighted by Gasteiger charge is 2.20. The maximum Gasteiger partial charge on any atom is 0.0779 e. The smallest absolute Gasteiger partial charge is 0.0779 e. The molecule has 0 rings (SSSR count). The third-order valence-electron chi connectivity index (χ3n) is 2.04. The first-order valence-electron chi connectivity index (χ1n) is 4.90. The van der Waals surface area contributed by atoms with Crippen molar-refractivity contribution in [1.82, 2.24) is 5.43 Å². The van der Waals surface area contributed by atoms with E-state index in [1.807, 2.05) is 13.8 Å². The molecule has 0 aromatic rings. The molecule has 13 heavy (non-hydrogen) atoms. The molecule has 0 aliphatic rings. The van der Waals surface area contributed by atoms with Crippen molar-refractivity contribution in [3.05, 3.63) is 12.2 Å². The lowest BCUT2D eigenvalue weighted by atomic mass is 10.0. The van der Waals surface area contributed by atoms with Crippen LogP contribution in [0.4, 0.5) is 0 Å². The summed E-state index contributed by atoms with van der Waals surface area (Å²) in [7, 11) is 0. The van der Waals surface area contributed by atoms with Crippen LogP contribution in [-0.4, -0.2) is 18.8 Å². The van der Waals surface area contributed by atoms with Crippen molar-refractivity contribution in [3.8, 4) is 0 Å². The van der Waals surface area contributed by atoms with Crippen molar-refractivity contribution < 1.29 is 4.74 Å². The first-order chi connectivity index (χ1) is 6.17. The molecule has 0 bridgehead atoms. The number of hydrazine groups is 1. The van der Waals surface area contributed by atoms with E-state index in [9.17, 15) is 0 Å². The lowest BCUT2D eigenvalue weighted by molar-refractivity contribution is 0.0370. The maximum absolute atomic E-state index is 5.59. The normalized spacial score (nSPS) is 15.4. The molecule has 0 fully saturated rings. The summed E-state index contributed by atoms with van der Waals surface area (Å²) in [6.07, 6.45) is 2.25. The summed E-state index contributed by atoms with van der Waals surface area (Å²) in [4.78, 5) is 0. The van der Waals surface area contributed by atoms with Crippen LogP contribution in [0, 0.1) is 0 Å². The molecule has 0 aromatic heterocycles. The average Bonchev–Trinajstić information content (AvgIpc) is 2.05. The second-order valence-corrected chi connectivity index (χ2v) is 3.27. The number of nitrogens with two attached hydrogens (primary N) is 1. The Hall–Kier alpha value is -0.380. The van der Waals surface area contributed by atoms with Crippen molar-refractivity contribution >= 4 is 0 Å². The second-order valence-electron chi connectivity index (χ2n) is 3.27. The second kappa shape index (κ2) is 7.06. The van der Waals surface area contributed by atoms with Gasteiger partial charge in [0.2, 0.25) is 0 Å². The van der Waals surface area contributed by atoms with Gasteiger partial charge >= 0.3 is 0 Å². The summed E-state index contributed by atoms with van der Waals surface area (Å²) in [5, 5.41) is 0. The maximum atomic E-state index is 5.59. The van der Waals surface area contributed by atoms with E-state index in [2.05, 4.69) is 18.9 Å². The Balaban J connectivity index is 4.20. The Kier molecular flexibility index (Phi) is 6.86. The summed E-state index contributed by atoms with van der Waals surface area (Å²) in [5.74, 6) is 5.44. The number of hydrogen-bond donors (Lipinski definition) is 2. The van der Waals surface area contributed by atoms with Gasteiger partial charge in [-0.3, -0.25) is 11.3 Å². The SMILES string of the molecule is C=C(C)C(NN)C(CCC)OCC. The van der Waals surface area contributed by atoms with E-state index in [1.54, 1.807) is 0 Å². The van der Waals surface area contributed by atoms with Gasteiger partial charge in [0.25, 0.3) is 0 Å². The van der Waals surface area contributed by atoms with Crippen LogP contribution in [0.3, 0.4) is 0 Å². The van der Waals surface area contributed by atoms with Crippen molar-refractivity contribution in [3.63, 3.8) is 0 Å². The molecular formula is C10H22N2O. The van der Waals surface area contributed by atoms with Gasteiger partial charge in [0, 0.05) is 6.61 Å². The van der Waals surface area contributed by atoms with Gasteiger partial charge in [-0.15, -0.1) is 0 Å². The number of ether oxygens (including phenoxy) is 1. The molecular weight excluding hydrogens is 164 g/mol. The topological polar surface area (TPSA) is 47.3 Å². The zero-order valence-electron chi connectivity index (χ0n) is 8.97. The van der Waals surface area contributed by atoms with Gasteiger partial charge in [0.1, 0.15) is 0 Å². The van der Waals surface area contributed by atoms with Crippen LogP contribution >= 0.6 is 0 Å². The average molecular weight is 186 g/mol. The fraction of sp³-hybridized carbons (Fsp3) is 0.800. The van der Waals surface area contributed by atoms with Crippen LogP contribution in [0.25, 0.3) is 0 Å². The van der Waals surface area contributed by atoms with Crippen molar-refractivity contribution in [1.29, 1.82) is 0 Å². The van der Waals surface area contributed by atoms with E-state index < -0.39 is 0 Å². The monoisotopic (exact) mass is 186 g/mol. The molecule has 0 amide bonds. The van der Waals surface area contributed by atoms with Gasteiger partial charge < -0.3 is 4.74 Å². The summed E-state index contributed by atoms with van der Waals surface area (Å²) in [5.41, 5.74) is 3.77. The standard InChI is InChI=1S/C10H22N2O/c1-5-7-9(13-6-2)10(12-11)8(3)4/h9-10,12H,3,5-7,11H2,1-2,4H3. The van der Waals surface area contributed by atoms with E-state index in [1.165, 1.54) is 0 Å². The summed E-state index contributed by atoms with van der Waals surface area (Å²) in [6.45, 7) is 10.7. The first kappa shape index (κ1) is 12.6. The summed E-state index contributed by atoms with van der Waals surface area (Å²) in [6, 6.07) is 0.0694. The van der Waals surface area contributed by atoms with Gasteiger partial charge in [-0.1, -0.05) is 25.5 Å². The zero-order chi connectivity index (χ0) is 10.3. The molecule has 3 nitrogen and oxygen atoms in total. The van der Waals surface area contributed by atoms with Crippen LogP contribution in [0.2, 0.25) is 0 Å². The molecule has 0 aliphatic heterocycles. The molecule has 2 unspecified atom stereocenters. The minimum Gasteiger partial charge on any atom is -0.376 e. The lowest BCUT2D eigenvalue weighted by Crippen LogP contribution is -2.45. The lowest BCUT2D eigenvalue weighted by Gasteiger charge is -2.26. The molecule has 0 aliphatic carbocycles. The van der Waals surface area contributed by atoms with Gasteiger partial charge in [-0.05, 0) is 20.3 Å². The Labute approximate surface area is 81.3 Å². The number of nitrogens with one attached hydrogen (secondary N) is 1. The Morgan fingerprint density at radius 3 is 2.46 bits per heavy atom. The van der Waals surface area contributed by atoms with Crippen LogP contribution in [0.5, 0.6) is 0 Å². The molecule has 2 atom stereocenters. The van der Waals surface area contributed by atoms with Crippen molar-refractivity contribution in [2.75, 3.05) is 6.61 Å². The highest BCUT2D eigenvalue weighted by Crippen LogP contribution is 2.12. The fourth-order valence-electron chi connectivity index (χ4n) is 1.41. The Morgan fingerprint density at radius 1 is 1.54 bits per heavy atom. The van der Waals surface area contributed by atoms with E-state index >= 15 is 0 Å². The van der Waals surface area contributed by atoms with E-state index in [0.29, 0.717) is 0 Å². The van der Waals surface area contributed by atoms with Crippen LogP contribution in [0.1, 0.15) is 33.6 Å². The van der Waals surface area contributed by atoms with Crippen LogP contribution in [-0.2, 0) is 4.74 Å². The molecule has 0 radical (unpaired) electrons. The Morgan fingerprint density at radius 2 is 2.15 bits per heavy atom. The third-order valence-corrected chi connectivity index (χ3v) is 2.04. The number of hydrogen-bond acceptors (Lipinski definition) is 3. The fourth-order valence-corrected chi connectivity index (χ4v) is 1.41. The number of rotatable bonds is 7. The minimum absolute atomic E-state index is 0.0694. The zero-order valence-corrected chi connectivity index (χ0v) is 8.97. The molecule has 78 valence electrons. The molecule has 3 N–H and O–H groups in total. The molecule has 0 aromatic carbocycles. The van der Waals surface area contributed by atoms with Crippen molar-refractivity contribution in [2.45, 2.75) is 45.8 Å². The molecule has 0 heterocycles. The van der Waals surface area contributed by atoms with E-state index in [0.717, 1.165) is 25.0 Å². The molecule has 0 spiro atoms. The van der Waals surface area contributed by atoms with Gasteiger partial charge in [-0.25, -0.2) is 0 Å². The van der Waals surface area contributed by atoms with Gasteiger partial charge in [-0.2, -0.15) is 0 Å². The molecule has 3 heteroatoms. The van der Waals surface area contributed by atoms with Crippen LogP contribution < -0.4 is 11.3 Å². The highest BCUT2D eigenvalue weighted by molar-refractivity contribution is 5.04. The highest BCUT2D eigenvalue weighted by atomic mass is 16.5. The molecule has 0 saturated heterocycles. The van der Waals surface area contributed by atoms with E-state index in [-0.39, 0.29) is 12.1 Å². The first-order valence-corrected chi connectivity index (χ1v) is 4.90. The predicted octanol–water partition coefficient (Wildman–Crippen LogP) is 1.60. The molecule has 0 saturated carbocycles. The van der Waals surface area contributed by atoms with Gasteiger partial charge in [0.15, 0.2) is 0 Å². The quantitative estimate of drug-likeness (QED) is 0.361. The Bertz CT molecular complexity index is 142. The van der Waals surface area contributed by atoms with Crippen molar-refractivity contribution in [2.24, 2.45) is 5.84 Å². The van der Waals surface area contributed by atoms with E-state index in [4.69, 9.17) is 10.6 Å². The summed E-state index contributed by atoms with van der Waals surface area (Å²) >= 11 is 0. The van der Waals surface area contributed by atoms with Gasteiger partial charge in [0.05, 0.1) is 12.1 Å².